The van der Waals surface area contributed by atoms with E-state index in [1.54, 1.807) is 24.4 Å². The second kappa shape index (κ2) is 11.9. The molecule has 10 nitrogen and oxygen atoms in total. The van der Waals surface area contributed by atoms with E-state index in [2.05, 4.69) is 29.3 Å². The molecular formula is C30H39N3O7. The van der Waals surface area contributed by atoms with E-state index in [1.165, 1.54) is 20.0 Å². The molecule has 0 radical (unpaired) electrons. The topological polar surface area (TPSA) is 133 Å². The van der Waals surface area contributed by atoms with Gasteiger partial charge in [-0.3, -0.25) is 24.8 Å². The van der Waals surface area contributed by atoms with E-state index in [9.17, 15) is 19.2 Å². The lowest BCUT2D eigenvalue weighted by molar-refractivity contribution is -0.192. The Bertz CT molecular complexity index is 1200. The molecule has 0 bridgehead atoms. The van der Waals surface area contributed by atoms with Gasteiger partial charge < -0.3 is 14.2 Å². The lowest BCUT2D eigenvalue weighted by Crippen LogP contribution is -2.59. The number of ether oxygens (including phenoxy) is 3. The van der Waals surface area contributed by atoms with Crippen LogP contribution in [0.4, 0.5) is 0 Å². The first kappa shape index (κ1) is 29.5. The van der Waals surface area contributed by atoms with Gasteiger partial charge in [0.25, 0.3) is 5.91 Å². The molecule has 0 spiro atoms. The van der Waals surface area contributed by atoms with E-state index in [4.69, 9.17) is 14.2 Å². The number of hydrazine groups is 1. The van der Waals surface area contributed by atoms with Crippen molar-refractivity contribution < 1.29 is 33.4 Å². The number of allylic oxidation sites excluding steroid dienone is 1. The van der Waals surface area contributed by atoms with Crippen LogP contribution in [0.2, 0.25) is 0 Å². The smallest absolute Gasteiger partial charge is 0.335 e. The van der Waals surface area contributed by atoms with E-state index in [1.807, 2.05) is 6.92 Å². The quantitative estimate of drug-likeness (QED) is 0.204. The number of carbonyl (C=O) groups excluding carboxylic acids is 4. The molecule has 216 valence electrons. The zero-order valence-electron chi connectivity index (χ0n) is 23.7. The molecule has 1 aromatic rings. The normalized spacial score (nSPS) is 30.4. The third kappa shape index (κ3) is 5.96. The van der Waals surface area contributed by atoms with E-state index in [0.29, 0.717) is 24.0 Å². The molecule has 6 atom stereocenters. The summed E-state index contributed by atoms with van der Waals surface area (Å²) in [6.45, 7) is 11.8. The number of rotatable bonds is 9. The van der Waals surface area contributed by atoms with Crippen molar-refractivity contribution in [2.24, 2.45) is 22.7 Å². The minimum Gasteiger partial charge on any atom is -0.465 e. The number of nitrogens with zero attached hydrogens (tertiary/aromatic N) is 1. The van der Waals surface area contributed by atoms with Gasteiger partial charge in [0.05, 0.1) is 17.2 Å². The standard InChI is InChI=1S/C30H39N3O7/c1-18-8-9-25-29(4,12-10-26(40-20(3)35)30(25,5)17-39-19(2)34)23(18)15-24(22-11-14-38-28(22)37)32-33-27(36)21-7-6-13-31-16-21/h6-7,11,13,16,23-26,32H,1,8-10,12,14-15,17H2,2-5H3,(H,33,36)/t23-,24+,25+,26-,29+,30+/m1/s1. The highest BCUT2D eigenvalue weighted by molar-refractivity contribution is 5.94. The molecule has 1 amide bonds. The number of nitrogens with one attached hydrogen (secondary N) is 2. The molecule has 1 aromatic heterocycles. The maximum Gasteiger partial charge on any atom is 0.335 e. The summed E-state index contributed by atoms with van der Waals surface area (Å²) in [5.41, 5.74) is 6.84. The highest BCUT2D eigenvalue weighted by Crippen LogP contribution is 2.62. The van der Waals surface area contributed by atoms with Gasteiger partial charge in [-0.05, 0) is 67.6 Å². The fraction of sp³-hybridized carbons (Fsp3) is 0.567. The molecule has 40 heavy (non-hydrogen) atoms. The summed E-state index contributed by atoms with van der Waals surface area (Å²) in [6.07, 6.45) is 7.80. The van der Waals surface area contributed by atoms with E-state index in [-0.39, 0.29) is 48.3 Å². The summed E-state index contributed by atoms with van der Waals surface area (Å²) in [5, 5.41) is 0. The number of amides is 1. The molecule has 2 saturated carbocycles. The molecule has 10 heteroatoms. The van der Waals surface area contributed by atoms with Crippen LogP contribution < -0.4 is 10.9 Å². The molecule has 0 saturated heterocycles. The van der Waals surface area contributed by atoms with Crippen LogP contribution in [0.15, 0.2) is 48.3 Å². The Morgan fingerprint density at radius 1 is 1.23 bits per heavy atom. The summed E-state index contributed by atoms with van der Waals surface area (Å²) in [6, 6.07) is 2.80. The van der Waals surface area contributed by atoms with Gasteiger partial charge in [0.15, 0.2) is 0 Å². The molecule has 4 rings (SSSR count). The van der Waals surface area contributed by atoms with Gasteiger partial charge >= 0.3 is 17.9 Å². The van der Waals surface area contributed by atoms with Crippen molar-refractivity contribution in [3.8, 4) is 0 Å². The molecule has 2 aliphatic carbocycles. The van der Waals surface area contributed by atoms with Crippen LogP contribution in [0, 0.1) is 22.7 Å². The number of hydrogen-bond acceptors (Lipinski definition) is 9. The predicted molar refractivity (Wildman–Crippen MR) is 145 cm³/mol. The second-order valence-electron chi connectivity index (χ2n) is 11.6. The summed E-state index contributed by atoms with van der Waals surface area (Å²) in [5.74, 6) is -1.53. The average Bonchev–Trinajstić information content (AvgIpc) is 3.34. The Hall–Kier alpha value is -3.53. The third-order valence-corrected chi connectivity index (χ3v) is 9.09. The number of carbonyl (C=O) groups is 4. The van der Waals surface area contributed by atoms with Crippen molar-refractivity contribution in [1.82, 2.24) is 15.8 Å². The van der Waals surface area contributed by atoms with Crippen molar-refractivity contribution in [1.29, 1.82) is 0 Å². The molecule has 2 heterocycles. The first-order valence-electron chi connectivity index (χ1n) is 13.8. The SMILES string of the molecule is C=C1CC[C@@H]2[C@](C)(COC(C)=O)[C@H](OC(C)=O)CC[C@@]2(C)[C@@H]1C[C@H](NNC(=O)c1cccnc1)C1=CCOC1=O. The Kier molecular flexibility index (Phi) is 8.77. The highest BCUT2D eigenvalue weighted by Gasteiger charge is 2.60. The Morgan fingerprint density at radius 3 is 2.62 bits per heavy atom. The van der Waals surface area contributed by atoms with E-state index >= 15 is 0 Å². The summed E-state index contributed by atoms with van der Waals surface area (Å²) >= 11 is 0. The fourth-order valence-corrected chi connectivity index (χ4v) is 7.13. The molecule has 1 aliphatic heterocycles. The monoisotopic (exact) mass is 553 g/mol. The largest absolute Gasteiger partial charge is 0.465 e. The maximum absolute atomic E-state index is 12.8. The minimum absolute atomic E-state index is 0.0386. The van der Waals surface area contributed by atoms with Gasteiger partial charge in [-0.2, -0.15) is 0 Å². The molecule has 0 unspecified atom stereocenters. The zero-order valence-corrected chi connectivity index (χ0v) is 23.7. The molecule has 2 fully saturated rings. The zero-order chi connectivity index (χ0) is 29.1. The molecule has 0 aromatic carbocycles. The van der Waals surface area contributed by atoms with Crippen LogP contribution in [-0.4, -0.2) is 54.2 Å². The number of cyclic esters (lactones) is 1. The van der Waals surface area contributed by atoms with E-state index in [0.717, 1.165) is 24.8 Å². The first-order chi connectivity index (χ1) is 19.0. The number of aromatic nitrogens is 1. The van der Waals surface area contributed by atoms with Crippen LogP contribution >= 0.6 is 0 Å². The summed E-state index contributed by atoms with van der Waals surface area (Å²) in [7, 11) is 0. The number of pyridine rings is 1. The lowest BCUT2D eigenvalue weighted by Gasteiger charge is -2.60. The van der Waals surface area contributed by atoms with Crippen LogP contribution in [0.3, 0.4) is 0 Å². The van der Waals surface area contributed by atoms with Gasteiger partial charge in [0.2, 0.25) is 0 Å². The third-order valence-electron chi connectivity index (χ3n) is 9.09. The fourth-order valence-electron chi connectivity index (χ4n) is 7.13. The molecule has 3 aliphatic rings. The number of hydrogen-bond donors (Lipinski definition) is 2. The lowest BCUT2D eigenvalue weighted by atomic mass is 9.46. The summed E-state index contributed by atoms with van der Waals surface area (Å²) < 4.78 is 16.5. The van der Waals surface area contributed by atoms with Crippen LogP contribution in [0.5, 0.6) is 0 Å². The van der Waals surface area contributed by atoms with Gasteiger partial charge in [-0.25, -0.2) is 10.2 Å². The van der Waals surface area contributed by atoms with Crippen molar-refractivity contribution >= 4 is 23.8 Å². The predicted octanol–water partition coefficient (Wildman–Crippen LogP) is 3.44. The van der Waals surface area contributed by atoms with Gasteiger partial charge in [0.1, 0.15) is 19.3 Å². The molecular weight excluding hydrogens is 514 g/mol. The van der Waals surface area contributed by atoms with Gasteiger partial charge in [-0.15, -0.1) is 0 Å². The Balaban J connectivity index is 1.62. The van der Waals surface area contributed by atoms with Gasteiger partial charge in [-0.1, -0.05) is 26.0 Å². The van der Waals surface area contributed by atoms with Crippen LogP contribution in [-0.2, 0) is 28.6 Å². The summed E-state index contributed by atoms with van der Waals surface area (Å²) in [4.78, 5) is 53.2. The van der Waals surface area contributed by atoms with Crippen molar-refractivity contribution in [2.45, 2.75) is 71.9 Å². The number of esters is 3. The first-order valence-corrected chi connectivity index (χ1v) is 13.8. The van der Waals surface area contributed by atoms with Crippen LogP contribution in [0.25, 0.3) is 0 Å². The number of fused-ring (bicyclic) bond motifs is 1. The highest BCUT2D eigenvalue weighted by atomic mass is 16.6. The van der Waals surface area contributed by atoms with Crippen molar-refractivity contribution in [2.75, 3.05) is 13.2 Å². The maximum atomic E-state index is 12.8. The second-order valence-corrected chi connectivity index (χ2v) is 11.6. The van der Waals surface area contributed by atoms with Crippen molar-refractivity contribution in [3.05, 3.63) is 53.9 Å². The van der Waals surface area contributed by atoms with Gasteiger partial charge in [0, 0.05) is 31.7 Å². The van der Waals surface area contributed by atoms with Crippen molar-refractivity contribution in [3.63, 3.8) is 0 Å². The van der Waals surface area contributed by atoms with E-state index < -0.39 is 23.5 Å². The Labute approximate surface area is 234 Å². The minimum atomic E-state index is -0.605. The van der Waals surface area contributed by atoms with Crippen LogP contribution in [0.1, 0.15) is 70.2 Å². The average molecular weight is 554 g/mol. The molecule has 2 N–H and O–H groups in total. The Morgan fingerprint density at radius 2 is 2.00 bits per heavy atom.